The number of benzene rings is 1. The van der Waals surface area contributed by atoms with E-state index in [4.69, 9.17) is 9.26 Å². The van der Waals surface area contributed by atoms with Crippen LogP contribution in [0.15, 0.2) is 41.1 Å². The zero-order valence-corrected chi connectivity index (χ0v) is 16.6. The van der Waals surface area contributed by atoms with Gasteiger partial charge in [-0.2, -0.15) is 4.98 Å². The van der Waals surface area contributed by atoms with E-state index in [1.165, 1.54) is 6.07 Å². The summed E-state index contributed by atoms with van der Waals surface area (Å²) >= 11 is 0. The number of methoxy groups -OCH3 is 1. The minimum atomic E-state index is -0.841. The Hall–Kier alpha value is -2.91. The van der Waals surface area contributed by atoms with Crippen LogP contribution in [0.5, 0.6) is 0 Å². The van der Waals surface area contributed by atoms with Crippen molar-refractivity contribution in [1.29, 1.82) is 0 Å². The fourth-order valence-corrected chi connectivity index (χ4v) is 3.57. The van der Waals surface area contributed by atoms with Gasteiger partial charge in [0.05, 0.1) is 12.6 Å². The van der Waals surface area contributed by atoms with E-state index in [-0.39, 0.29) is 6.04 Å². The molecule has 0 radical (unpaired) electrons. The minimum Gasteiger partial charge on any atom is -0.383 e. The third kappa shape index (κ3) is 4.63. The maximum absolute atomic E-state index is 13.5. The van der Waals surface area contributed by atoms with E-state index in [0.29, 0.717) is 37.0 Å². The van der Waals surface area contributed by atoms with Crippen molar-refractivity contribution in [3.63, 3.8) is 0 Å². The van der Waals surface area contributed by atoms with E-state index in [1.807, 2.05) is 12.1 Å². The summed E-state index contributed by atoms with van der Waals surface area (Å²) in [6.07, 6.45) is 3.53. The van der Waals surface area contributed by atoms with Crippen molar-refractivity contribution in [2.24, 2.45) is 0 Å². The first kappa shape index (κ1) is 20.4. The Kier molecular flexibility index (Phi) is 6.29. The van der Waals surface area contributed by atoms with Crippen molar-refractivity contribution in [2.45, 2.75) is 25.4 Å². The van der Waals surface area contributed by atoms with Crippen LogP contribution < -0.4 is 5.32 Å². The molecule has 9 heteroatoms. The van der Waals surface area contributed by atoms with Gasteiger partial charge in [0.15, 0.2) is 11.6 Å². The number of rotatable bonds is 8. The molecule has 0 bridgehead atoms. The summed E-state index contributed by atoms with van der Waals surface area (Å²) in [5.74, 6) is 0.0591. The highest BCUT2D eigenvalue weighted by atomic mass is 19.2. The zero-order valence-electron chi connectivity index (χ0n) is 16.6. The average molecular weight is 415 g/mol. The van der Waals surface area contributed by atoms with Gasteiger partial charge in [0.2, 0.25) is 11.7 Å². The average Bonchev–Trinajstić information content (AvgIpc) is 3.41. The first-order valence-electron chi connectivity index (χ1n) is 9.85. The Balaban J connectivity index is 1.44. The Morgan fingerprint density at radius 2 is 2.13 bits per heavy atom. The normalized spacial score (nSPS) is 16.8. The molecule has 4 rings (SSSR count). The highest BCUT2D eigenvalue weighted by molar-refractivity contribution is 5.55. The smallest absolute Gasteiger partial charge is 0.244 e. The molecule has 1 aromatic carbocycles. The van der Waals surface area contributed by atoms with Crippen LogP contribution in [0.3, 0.4) is 0 Å². The molecule has 2 aromatic heterocycles. The lowest BCUT2D eigenvalue weighted by molar-refractivity contribution is 0.201. The fourth-order valence-electron chi connectivity index (χ4n) is 3.57. The lowest BCUT2D eigenvalue weighted by atomic mass is 10.1. The molecule has 0 unspecified atom stereocenters. The lowest BCUT2D eigenvalue weighted by Gasteiger charge is -2.21. The van der Waals surface area contributed by atoms with Gasteiger partial charge in [-0.25, -0.2) is 13.8 Å². The van der Waals surface area contributed by atoms with Gasteiger partial charge in [0.25, 0.3) is 0 Å². The topological polar surface area (TPSA) is 76.3 Å². The van der Waals surface area contributed by atoms with E-state index in [0.717, 1.165) is 36.8 Å². The van der Waals surface area contributed by atoms with Gasteiger partial charge < -0.3 is 14.6 Å². The van der Waals surface area contributed by atoms with Crippen molar-refractivity contribution in [3.8, 4) is 11.4 Å². The molecule has 1 N–H and O–H groups in total. The standard InChI is InChI=1S/C21H23F2N5O2/c1-29-10-8-24-19-7-5-15(12-25-19)20-26-21(30-27-20)18-3-2-9-28(18)13-14-4-6-16(22)17(23)11-14/h4-7,11-12,18H,2-3,8-10,13H2,1H3,(H,24,25)/t18-/m0/s1. The second kappa shape index (κ2) is 9.27. The van der Waals surface area contributed by atoms with Crippen LogP contribution >= 0.6 is 0 Å². The third-order valence-corrected chi connectivity index (χ3v) is 5.09. The number of likely N-dealkylation sites (tertiary alicyclic amines) is 1. The van der Waals surface area contributed by atoms with E-state index in [9.17, 15) is 8.78 Å². The Labute approximate surface area is 173 Å². The number of hydrogen-bond acceptors (Lipinski definition) is 7. The Morgan fingerprint density at radius 1 is 1.23 bits per heavy atom. The van der Waals surface area contributed by atoms with Crippen LogP contribution in [-0.2, 0) is 11.3 Å². The lowest BCUT2D eigenvalue weighted by Crippen LogP contribution is -2.23. The molecule has 30 heavy (non-hydrogen) atoms. The van der Waals surface area contributed by atoms with Crippen LogP contribution in [0.25, 0.3) is 11.4 Å². The van der Waals surface area contributed by atoms with Gasteiger partial charge in [-0.05, 0) is 49.2 Å². The van der Waals surface area contributed by atoms with E-state index >= 15 is 0 Å². The number of pyridine rings is 1. The Morgan fingerprint density at radius 3 is 2.90 bits per heavy atom. The van der Waals surface area contributed by atoms with Gasteiger partial charge >= 0.3 is 0 Å². The second-order valence-corrected chi connectivity index (χ2v) is 7.18. The number of ether oxygens (including phenoxy) is 1. The fraction of sp³-hybridized carbons (Fsp3) is 0.381. The van der Waals surface area contributed by atoms with E-state index in [2.05, 4.69) is 25.3 Å². The number of nitrogens with one attached hydrogen (secondary N) is 1. The summed E-state index contributed by atoms with van der Waals surface area (Å²) in [4.78, 5) is 11.1. The number of anilines is 1. The highest BCUT2D eigenvalue weighted by Crippen LogP contribution is 2.33. The second-order valence-electron chi connectivity index (χ2n) is 7.18. The van der Waals surface area contributed by atoms with Crippen LogP contribution in [0.2, 0.25) is 0 Å². The Bertz CT molecular complexity index is 980. The minimum absolute atomic E-state index is 0.0534. The van der Waals surface area contributed by atoms with E-state index in [1.54, 1.807) is 19.4 Å². The van der Waals surface area contributed by atoms with Gasteiger partial charge in [-0.1, -0.05) is 11.2 Å². The molecular formula is C21H23F2N5O2. The summed E-state index contributed by atoms with van der Waals surface area (Å²) in [5, 5.41) is 7.25. The summed E-state index contributed by atoms with van der Waals surface area (Å²) in [7, 11) is 1.65. The number of nitrogens with zero attached hydrogens (tertiary/aromatic N) is 4. The summed E-state index contributed by atoms with van der Waals surface area (Å²) in [5.41, 5.74) is 1.47. The number of halogens is 2. The molecule has 3 aromatic rings. The van der Waals surface area contributed by atoms with Crippen molar-refractivity contribution in [2.75, 3.05) is 32.1 Å². The molecule has 1 saturated heterocycles. The molecule has 1 fully saturated rings. The van der Waals surface area contributed by atoms with Crippen molar-refractivity contribution in [1.82, 2.24) is 20.0 Å². The third-order valence-electron chi connectivity index (χ3n) is 5.09. The van der Waals surface area contributed by atoms with Gasteiger partial charge in [0.1, 0.15) is 5.82 Å². The molecule has 0 amide bonds. The zero-order chi connectivity index (χ0) is 20.9. The van der Waals surface area contributed by atoms with Crippen molar-refractivity contribution in [3.05, 3.63) is 59.6 Å². The molecule has 158 valence electrons. The van der Waals surface area contributed by atoms with Crippen molar-refractivity contribution >= 4 is 5.82 Å². The monoisotopic (exact) mass is 415 g/mol. The SMILES string of the molecule is COCCNc1ccc(-c2noc([C@@H]3CCCN3Cc3ccc(F)c(F)c3)n2)cn1. The molecule has 1 atom stereocenters. The molecule has 1 aliphatic heterocycles. The molecule has 7 nitrogen and oxygen atoms in total. The molecular weight excluding hydrogens is 392 g/mol. The predicted molar refractivity (Wildman–Crippen MR) is 107 cm³/mol. The van der Waals surface area contributed by atoms with Crippen LogP contribution in [0.4, 0.5) is 14.6 Å². The first-order valence-corrected chi connectivity index (χ1v) is 9.85. The quantitative estimate of drug-likeness (QED) is 0.561. The van der Waals surface area contributed by atoms with Crippen LogP contribution in [0.1, 0.15) is 30.3 Å². The number of aromatic nitrogens is 3. The molecule has 0 aliphatic carbocycles. The van der Waals surface area contributed by atoms with Gasteiger partial charge in [-0.3, -0.25) is 4.90 Å². The van der Waals surface area contributed by atoms with Crippen LogP contribution in [0, 0.1) is 11.6 Å². The van der Waals surface area contributed by atoms with Gasteiger partial charge in [0, 0.05) is 32.0 Å². The maximum atomic E-state index is 13.5. The highest BCUT2D eigenvalue weighted by Gasteiger charge is 2.31. The van der Waals surface area contributed by atoms with E-state index < -0.39 is 11.6 Å². The molecule has 3 heterocycles. The van der Waals surface area contributed by atoms with Crippen molar-refractivity contribution < 1.29 is 18.0 Å². The van der Waals surface area contributed by atoms with Crippen LogP contribution in [-0.4, -0.2) is 46.8 Å². The largest absolute Gasteiger partial charge is 0.383 e. The molecule has 1 aliphatic rings. The molecule has 0 spiro atoms. The first-order chi connectivity index (χ1) is 14.6. The summed E-state index contributed by atoms with van der Waals surface area (Å²) in [6.45, 7) is 2.58. The predicted octanol–water partition coefficient (Wildman–Crippen LogP) is 3.81. The number of hydrogen-bond donors (Lipinski definition) is 1. The summed E-state index contributed by atoms with van der Waals surface area (Å²) < 4.78 is 37.2. The molecule has 0 saturated carbocycles. The summed E-state index contributed by atoms with van der Waals surface area (Å²) in [6, 6.07) is 7.67. The maximum Gasteiger partial charge on any atom is 0.244 e. The van der Waals surface area contributed by atoms with Gasteiger partial charge in [-0.15, -0.1) is 0 Å².